The number of carbonyl (C=O) groups is 1. The van der Waals surface area contributed by atoms with Gasteiger partial charge in [0.15, 0.2) is 0 Å². The lowest BCUT2D eigenvalue weighted by Crippen LogP contribution is -2.16. The topological polar surface area (TPSA) is 41.6 Å². The largest absolute Gasteiger partial charge is 0.490 e. The van der Waals surface area contributed by atoms with Crippen LogP contribution in [-0.4, -0.2) is 26.6 Å². The van der Waals surface area contributed by atoms with E-state index in [0.717, 1.165) is 17.7 Å². The number of amides is 1. The summed E-state index contributed by atoms with van der Waals surface area (Å²) in [6.45, 7) is 3.96. The van der Waals surface area contributed by atoms with E-state index in [4.69, 9.17) is 4.74 Å². The highest BCUT2D eigenvalue weighted by Crippen LogP contribution is 2.34. The summed E-state index contributed by atoms with van der Waals surface area (Å²) >= 11 is 0. The highest BCUT2D eigenvalue weighted by molar-refractivity contribution is 6.03. The van der Waals surface area contributed by atoms with Gasteiger partial charge in [-0.05, 0) is 42.0 Å². The van der Waals surface area contributed by atoms with Crippen molar-refractivity contribution in [3.63, 3.8) is 0 Å². The standard InChI is InChI=1S/C21H21F3N2O2/c1-4-13-28-17-9-5-15(6-10-17)7-12-20(27)25-18-14-16(21(22,23)24)8-11-19(18)26(2)3/h4-12,14H,1,13H2,2-3H3,(H,25,27)/b12-7+. The maximum Gasteiger partial charge on any atom is 0.416 e. The van der Waals surface area contributed by atoms with Gasteiger partial charge < -0.3 is 15.0 Å². The number of nitrogens with zero attached hydrogens (tertiary/aromatic N) is 1. The molecule has 2 aromatic carbocycles. The van der Waals surface area contributed by atoms with Gasteiger partial charge in [-0.3, -0.25) is 4.79 Å². The Labute approximate surface area is 161 Å². The van der Waals surface area contributed by atoms with Crippen LogP contribution in [0.4, 0.5) is 24.5 Å². The van der Waals surface area contributed by atoms with Crippen LogP contribution in [0.2, 0.25) is 0 Å². The van der Waals surface area contributed by atoms with Crippen molar-refractivity contribution < 1.29 is 22.7 Å². The van der Waals surface area contributed by atoms with Crippen molar-refractivity contribution in [1.82, 2.24) is 0 Å². The summed E-state index contributed by atoms with van der Waals surface area (Å²) < 4.78 is 44.3. The molecule has 0 aliphatic carbocycles. The third kappa shape index (κ3) is 5.90. The molecule has 1 N–H and O–H groups in total. The van der Waals surface area contributed by atoms with Crippen molar-refractivity contribution in [3.8, 4) is 5.75 Å². The van der Waals surface area contributed by atoms with Gasteiger partial charge in [0.05, 0.1) is 16.9 Å². The fraction of sp³-hybridized carbons (Fsp3) is 0.190. The Morgan fingerprint density at radius 1 is 1.18 bits per heavy atom. The molecule has 0 bridgehead atoms. The molecule has 2 rings (SSSR count). The van der Waals surface area contributed by atoms with Crippen LogP contribution < -0.4 is 15.0 Å². The van der Waals surface area contributed by atoms with Crippen LogP contribution in [0.15, 0.2) is 61.2 Å². The Morgan fingerprint density at radius 3 is 2.43 bits per heavy atom. The van der Waals surface area contributed by atoms with Gasteiger partial charge in [0, 0.05) is 20.2 Å². The molecule has 0 atom stereocenters. The summed E-state index contributed by atoms with van der Waals surface area (Å²) in [4.78, 5) is 13.8. The zero-order valence-corrected chi connectivity index (χ0v) is 15.6. The molecule has 0 unspecified atom stereocenters. The van der Waals surface area contributed by atoms with Crippen molar-refractivity contribution >= 4 is 23.4 Å². The SMILES string of the molecule is C=CCOc1ccc(/C=C/C(=O)Nc2cc(C(F)(F)F)ccc2N(C)C)cc1. The number of nitrogens with one attached hydrogen (secondary N) is 1. The summed E-state index contributed by atoms with van der Waals surface area (Å²) in [7, 11) is 3.37. The lowest BCUT2D eigenvalue weighted by Gasteiger charge is -2.19. The quantitative estimate of drug-likeness (QED) is 0.535. The van der Waals surface area contributed by atoms with Crippen LogP contribution in [0.3, 0.4) is 0 Å². The molecule has 0 spiro atoms. The maximum absolute atomic E-state index is 13.0. The van der Waals surface area contributed by atoms with Crippen LogP contribution in [0.25, 0.3) is 6.08 Å². The molecular weight excluding hydrogens is 369 g/mol. The molecule has 1 amide bonds. The minimum Gasteiger partial charge on any atom is -0.490 e. The van der Waals surface area contributed by atoms with Crippen molar-refractivity contribution in [1.29, 1.82) is 0 Å². The molecule has 0 saturated carbocycles. The molecule has 28 heavy (non-hydrogen) atoms. The Balaban J connectivity index is 2.13. The van der Waals surface area contributed by atoms with E-state index in [1.807, 2.05) is 0 Å². The van der Waals surface area contributed by atoms with E-state index >= 15 is 0 Å². The van der Waals surface area contributed by atoms with E-state index in [1.165, 1.54) is 12.1 Å². The average Bonchev–Trinajstić information content (AvgIpc) is 2.64. The summed E-state index contributed by atoms with van der Waals surface area (Å²) in [5.41, 5.74) is 0.478. The van der Waals surface area contributed by atoms with Gasteiger partial charge in [-0.15, -0.1) is 0 Å². The molecule has 0 aliphatic rings. The first-order valence-corrected chi connectivity index (χ1v) is 8.42. The number of hydrogen-bond acceptors (Lipinski definition) is 3. The van der Waals surface area contributed by atoms with Crippen LogP contribution in [-0.2, 0) is 11.0 Å². The maximum atomic E-state index is 13.0. The van der Waals surface area contributed by atoms with Gasteiger partial charge in [-0.25, -0.2) is 0 Å². The van der Waals surface area contributed by atoms with Crippen LogP contribution in [0.1, 0.15) is 11.1 Å². The van der Waals surface area contributed by atoms with E-state index < -0.39 is 17.6 Å². The second-order valence-corrected chi connectivity index (χ2v) is 6.12. The van der Waals surface area contributed by atoms with Crippen molar-refractivity contribution in [2.45, 2.75) is 6.18 Å². The van der Waals surface area contributed by atoms with Gasteiger partial charge in [-0.1, -0.05) is 24.8 Å². The van der Waals surface area contributed by atoms with Gasteiger partial charge in [-0.2, -0.15) is 13.2 Å². The number of carbonyl (C=O) groups excluding carboxylic acids is 1. The Hall–Kier alpha value is -3.22. The molecule has 4 nitrogen and oxygen atoms in total. The Morgan fingerprint density at radius 2 is 1.86 bits per heavy atom. The Kier molecular flexibility index (Phi) is 6.87. The molecule has 7 heteroatoms. The van der Waals surface area contributed by atoms with Crippen molar-refractivity contribution in [3.05, 3.63) is 72.3 Å². The number of anilines is 2. The number of ether oxygens (including phenoxy) is 1. The first kappa shape index (κ1) is 21.1. The number of alkyl halides is 3. The predicted octanol–water partition coefficient (Wildman–Crippen LogP) is 4.99. The fourth-order valence-electron chi connectivity index (χ4n) is 2.38. The summed E-state index contributed by atoms with van der Waals surface area (Å²) in [5.74, 6) is 0.135. The molecule has 0 radical (unpaired) electrons. The van der Waals surface area contributed by atoms with Crippen LogP contribution >= 0.6 is 0 Å². The Bertz CT molecular complexity index is 857. The first-order chi connectivity index (χ1) is 13.2. The number of hydrogen-bond donors (Lipinski definition) is 1. The lowest BCUT2D eigenvalue weighted by atomic mass is 10.1. The van der Waals surface area contributed by atoms with Crippen LogP contribution in [0.5, 0.6) is 5.75 Å². The summed E-state index contributed by atoms with van der Waals surface area (Å²) in [6.07, 6.45) is -0.0294. The molecule has 0 saturated heterocycles. The minimum absolute atomic E-state index is 0.0858. The highest BCUT2D eigenvalue weighted by Gasteiger charge is 2.31. The summed E-state index contributed by atoms with van der Waals surface area (Å²) in [6, 6.07) is 10.2. The van der Waals surface area contributed by atoms with E-state index in [0.29, 0.717) is 18.0 Å². The number of benzene rings is 2. The monoisotopic (exact) mass is 390 g/mol. The van der Waals surface area contributed by atoms with Crippen LogP contribution in [0, 0.1) is 0 Å². The van der Waals surface area contributed by atoms with Gasteiger partial charge >= 0.3 is 6.18 Å². The zero-order chi connectivity index (χ0) is 20.7. The minimum atomic E-state index is -4.49. The molecule has 0 heterocycles. The molecule has 2 aromatic rings. The van der Waals surface area contributed by atoms with Crippen molar-refractivity contribution in [2.24, 2.45) is 0 Å². The number of rotatable bonds is 7. The lowest BCUT2D eigenvalue weighted by molar-refractivity contribution is -0.137. The second-order valence-electron chi connectivity index (χ2n) is 6.12. The van der Waals surface area contributed by atoms with Gasteiger partial charge in [0.2, 0.25) is 5.91 Å². The van der Waals surface area contributed by atoms with Gasteiger partial charge in [0.25, 0.3) is 0 Å². The molecular formula is C21H21F3N2O2. The average molecular weight is 390 g/mol. The smallest absolute Gasteiger partial charge is 0.416 e. The molecule has 0 fully saturated rings. The number of halogens is 3. The fourth-order valence-corrected chi connectivity index (χ4v) is 2.38. The highest BCUT2D eigenvalue weighted by atomic mass is 19.4. The second kappa shape index (κ2) is 9.12. The van der Waals surface area contributed by atoms with Gasteiger partial charge in [0.1, 0.15) is 12.4 Å². The molecule has 148 valence electrons. The first-order valence-electron chi connectivity index (χ1n) is 8.42. The molecule has 0 aliphatic heterocycles. The summed E-state index contributed by atoms with van der Waals surface area (Å²) in [5, 5.41) is 2.51. The van der Waals surface area contributed by atoms with E-state index in [-0.39, 0.29) is 5.69 Å². The zero-order valence-electron chi connectivity index (χ0n) is 15.6. The van der Waals surface area contributed by atoms with E-state index in [2.05, 4.69) is 11.9 Å². The van der Waals surface area contributed by atoms with E-state index in [1.54, 1.807) is 55.4 Å². The van der Waals surface area contributed by atoms with Crippen molar-refractivity contribution in [2.75, 3.05) is 30.9 Å². The third-order valence-corrected chi connectivity index (χ3v) is 3.74. The normalized spacial score (nSPS) is 11.3. The third-order valence-electron chi connectivity index (χ3n) is 3.74. The predicted molar refractivity (Wildman–Crippen MR) is 106 cm³/mol. The molecule has 0 aromatic heterocycles. The van der Waals surface area contributed by atoms with E-state index in [9.17, 15) is 18.0 Å².